The number of nitro benzene ring substituents is 1. The van der Waals surface area contributed by atoms with Crippen molar-refractivity contribution in [2.75, 3.05) is 6.54 Å². The Labute approximate surface area is 175 Å². The van der Waals surface area contributed by atoms with Gasteiger partial charge in [0.25, 0.3) is 11.6 Å². The van der Waals surface area contributed by atoms with Crippen molar-refractivity contribution in [2.24, 2.45) is 10.7 Å². The highest BCUT2D eigenvalue weighted by Gasteiger charge is 2.16. The van der Waals surface area contributed by atoms with E-state index in [0.717, 1.165) is 16.8 Å². The second-order valence-electron chi connectivity index (χ2n) is 7.38. The first kappa shape index (κ1) is 21.4. The molecule has 2 aliphatic rings. The predicted octanol–water partition coefficient (Wildman–Crippen LogP) is 4.10. The fraction of sp³-hybridized carbons (Fsp3) is 0.304. The molecule has 0 bridgehead atoms. The number of benzene rings is 2. The van der Waals surface area contributed by atoms with Gasteiger partial charge >= 0.3 is 0 Å². The molecule has 1 fully saturated rings. The van der Waals surface area contributed by atoms with E-state index in [1.165, 1.54) is 56.4 Å². The first-order chi connectivity index (χ1) is 14.5. The maximum Gasteiger partial charge on any atom is 0.269 e. The number of non-ortho nitro benzene ring substituents is 1. The lowest BCUT2D eigenvalue weighted by Crippen LogP contribution is -2.24. The highest BCUT2D eigenvalue weighted by molar-refractivity contribution is 6.14. The molecule has 0 atom stereocenters. The number of nitrogens with two attached hydrogens (primary N) is 1. The maximum absolute atomic E-state index is 12.3. The van der Waals surface area contributed by atoms with E-state index in [9.17, 15) is 14.9 Å². The van der Waals surface area contributed by atoms with Crippen LogP contribution in [0.25, 0.3) is 5.57 Å². The predicted molar refractivity (Wildman–Crippen MR) is 118 cm³/mol. The van der Waals surface area contributed by atoms with Gasteiger partial charge < -0.3 is 11.1 Å². The van der Waals surface area contributed by atoms with E-state index in [1.807, 2.05) is 30.3 Å². The van der Waals surface area contributed by atoms with Gasteiger partial charge in [0.1, 0.15) is 0 Å². The van der Waals surface area contributed by atoms with Crippen molar-refractivity contribution in [1.82, 2.24) is 5.32 Å². The minimum absolute atomic E-state index is 0.0464. The molecule has 7 heteroatoms. The van der Waals surface area contributed by atoms with Crippen molar-refractivity contribution < 1.29 is 9.72 Å². The number of allylic oxidation sites excluding steroid dienone is 1. The molecule has 4 rings (SSSR count). The normalized spacial score (nSPS) is 16.0. The summed E-state index contributed by atoms with van der Waals surface area (Å²) < 4.78 is 0. The van der Waals surface area contributed by atoms with Crippen molar-refractivity contribution in [3.8, 4) is 0 Å². The lowest BCUT2D eigenvalue weighted by molar-refractivity contribution is -0.384. The van der Waals surface area contributed by atoms with Gasteiger partial charge in [-0.25, -0.2) is 0 Å². The molecular formula is C23H26N4O3. The lowest BCUT2D eigenvalue weighted by atomic mass is 9.97. The topological polar surface area (TPSA) is 111 Å². The number of nitro groups is 1. The van der Waals surface area contributed by atoms with Crippen LogP contribution in [0.4, 0.5) is 5.69 Å². The summed E-state index contributed by atoms with van der Waals surface area (Å²) in [5.74, 6) is -0.311. The lowest BCUT2D eigenvalue weighted by Gasteiger charge is -2.15. The van der Waals surface area contributed by atoms with Crippen LogP contribution in [-0.2, 0) is 0 Å². The molecule has 0 spiro atoms. The molecule has 1 aliphatic heterocycles. The monoisotopic (exact) mass is 406 g/mol. The SMILES string of the molecule is NC1CCCCC1.O=C(NC1=C(c2ccccc2)C=NC1)c1ccc([N+](=O)[O-])cc1. The van der Waals surface area contributed by atoms with Crippen LogP contribution in [0.1, 0.15) is 48.0 Å². The van der Waals surface area contributed by atoms with Gasteiger partial charge in [-0.1, -0.05) is 49.6 Å². The fourth-order valence-electron chi connectivity index (χ4n) is 3.44. The van der Waals surface area contributed by atoms with Gasteiger partial charge in [0, 0.05) is 41.2 Å². The van der Waals surface area contributed by atoms with Crippen LogP contribution in [0.5, 0.6) is 0 Å². The summed E-state index contributed by atoms with van der Waals surface area (Å²) in [4.78, 5) is 26.6. The van der Waals surface area contributed by atoms with Crippen LogP contribution < -0.4 is 11.1 Å². The number of aliphatic imine (C=N–C) groups is 1. The smallest absolute Gasteiger partial charge is 0.269 e. The van der Waals surface area contributed by atoms with Crippen LogP contribution in [-0.4, -0.2) is 29.6 Å². The number of hydrogen-bond donors (Lipinski definition) is 2. The molecule has 1 saturated carbocycles. The molecule has 7 nitrogen and oxygen atoms in total. The van der Waals surface area contributed by atoms with Crippen LogP contribution >= 0.6 is 0 Å². The van der Waals surface area contributed by atoms with E-state index in [0.29, 0.717) is 18.2 Å². The summed E-state index contributed by atoms with van der Waals surface area (Å²) in [7, 11) is 0. The molecule has 2 aromatic carbocycles. The van der Waals surface area contributed by atoms with Gasteiger partial charge in [0.05, 0.1) is 11.5 Å². The summed E-state index contributed by atoms with van der Waals surface area (Å²) >= 11 is 0. The Bertz CT molecular complexity index is 931. The van der Waals surface area contributed by atoms with Crippen LogP contribution in [0.3, 0.4) is 0 Å². The van der Waals surface area contributed by atoms with E-state index in [-0.39, 0.29) is 11.6 Å². The Morgan fingerprint density at radius 2 is 1.70 bits per heavy atom. The largest absolute Gasteiger partial charge is 0.328 e. The average molecular weight is 406 g/mol. The number of amides is 1. The Morgan fingerprint density at radius 1 is 1.03 bits per heavy atom. The summed E-state index contributed by atoms with van der Waals surface area (Å²) in [5.41, 5.74) is 8.53. The number of carbonyl (C=O) groups is 1. The first-order valence-corrected chi connectivity index (χ1v) is 10.1. The third-order valence-electron chi connectivity index (χ3n) is 5.13. The van der Waals surface area contributed by atoms with Gasteiger partial charge in [-0.3, -0.25) is 19.9 Å². The van der Waals surface area contributed by atoms with Crippen molar-refractivity contribution in [2.45, 2.75) is 38.1 Å². The highest BCUT2D eigenvalue weighted by atomic mass is 16.6. The minimum Gasteiger partial charge on any atom is -0.328 e. The van der Waals surface area contributed by atoms with Gasteiger partial charge in [-0.2, -0.15) is 0 Å². The summed E-state index contributed by atoms with van der Waals surface area (Å²) in [6.45, 7) is 0.406. The molecule has 0 radical (unpaired) electrons. The standard InChI is InChI=1S/C17H13N3O3.C6H13N/c21-17(13-6-8-14(9-7-13)20(22)23)19-16-11-18-10-15(16)12-4-2-1-3-5-12;7-6-4-2-1-3-5-6/h1-10H,11H2,(H,19,21);6H,1-5,7H2. The second-order valence-corrected chi connectivity index (χ2v) is 7.38. The molecule has 1 aliphatic carbocycles. The number of rotatable bonds is 4. The number of hydrogen-bond acceptors (Lipinski definition) is 5. The van der Waals surface area contributed by atoms with Gasteiger partial charge in [0.2, 0.25) is 0 Å². The van der Waals surface area contributed by atoms with Crippen LogP contribution in [0.15, 0.2) is 65.3 Å². The first-order valence-electron chi connectivity index (χ1n) is 10.1. The van der Waals surface area contributed by atoms with E-state index < -0.39 is 4.92 Å². The third kappa shape index (κ3) is 5.84. The molecule has 30 heavy (non-hydrogen) atoms. The van der Waals surface area contributed by atoms with Gasteiger partial charge in [-0.15, -0.1) is 0 Å². The molecule has 156 valence electrons. The maximum atomic E-state index is 12.3. The van der Waals surface area contributed by atoms with E-state index in [4.69, 9.17) is 5.73 Å². The van der Waals surface area contributed by atoms with E-state index in [2.05, 4.69) is 10.3 Å². The molecule has 1 heterocycles. The molecule has 0 unspecified atom stereocenters. The zero-order chi connectivity index (χ0) is 21.3. The minimum atomic E-state index is -0.497. The van der Waals surface area contributed by atoms with Crippen molar-refractivity contribution in [3.63, 3.8) is 0 Å². The molecule has 2 aromatic rings. The summed E-state index contributed by atoms with van der Waals surface area (Å²) in [6, 6.07) is 15.7. The zero-order valence-electron chi connectivity index (χ0n) is 16.8. The van der Waals surface area contributed by atoms with Gasteiger partial charge in [0.15, 0.2) is 0 Å². The molecular weight excluding hydrogens is 380 g/mol. The highest BCUT2D eigenvalue weighted by Crippen LogP contribution is 2.20. The Morgan fingerprint density at radius 3 is 2.27 bits per heavy atom. The second kappa shape index (κ2) is 10.5. The Hall–Kier alpha value is -3.32. The quantitative estimate of drug-likeness (QED) is 0.588. The Kier molecular flexibility index (Phi) is 7.45. The van der Waals surface area contributed by atoms with Gasteiger partial charge in [-0.05, 0) is 30.5 Å². The van der Waals surface area contributed by atoms with Crippen LogP contribution in [0, 0.1) is 10.1 Å². The number of nitrogens with zero attached hydrogens (tertiary/aromatic N) is 2. The number of nitrogens with one attached hydrogen (secondary N) is 1. The molecule has 1 amide bonds. The molecule has 0 saturated heterocycles. The van der Waals surface area contributed by atoms with E-state index in [1.54, 1.807) is 6.21 Å². The summed E-state index contributed by atoms with van der Waals surface area (Å²) in [5, 5.41) is 13.5. The fourth-order valence-corrected chi connectivity index (χ4v) is 3.44. The third-order valence-corrected chi connectivity index (χ3v) is 5.13. The van der Waals surface area contributed by atoms with Crippen molar-refractivity contribution in [1.29, 1.82) is 0 Å². The number of carbonyl (C=O) groups excluding carboxylic acids is 1. The Balaban J connectivity index is 0.000000310. The van der Waals surface area contributed by atoms with Crippen molar-refractivity contribution in [3.05, 3.63) is 81.5 Å². The summed E-state index contributed by atoms with van der Waals surface area (Å²) in [6.07, 6.45) is 8.40. The van der Waals surface area contributed by atoms with Crippen LogP contribution in [0.2, 0.25) is 0 Å². The molecule has 3 N–H and O–H groups in total. The zero-order valence-corrected chi connectivity index (χ0v) is 16.8. The van der Waals surface area contributed by atoms with Crippen molar-refractivity contribution >= 4 is 23.4 Å². The van der Waals surface area contributed by atoms with E-state index >= 15 is 0 Å². The molecule has 0 aromatic heterocycles. The average Bonchev–Trinajstić information content (AvgIpc) is 3.23.